The minimum atomic E-state index is -0.0223. The molecule has 0 aromatic carbocycles. The highest BCUT2D eigenvalue weighted by atomic mass is 16.2. The topological polar surface area (TPSA) is 65.1 Å². The predicted octanol–water partition coefficient (Wildman–Crippen LogP) is -0.0291. The van der Waals surface area contributed by atoms with Gasteiger partial charge in [0.05, 0.1) is 6.20 Å². The van der Waals surface area contributed by atoms with Gasteiger partial charge in [-0.05, 0) is 26.9 Å². The van der Waals surface area contributed by atoms with Gasteiger partial charge in [-0.15, -0.1) is 0 Å². The van der Waals surface area contributed by atoms with E-state index < -0.39 is 0 Å². The molecule has 0 saturated carbocycles. The molecule has 1 saturated heterocycles. The molecule has 6 heteroatoms. The summed E-state index contributed by atoms with van der Waals surface area (Å²) in [5.74, 6) is -0.0223. The van der Waals surface area contributed by atoms with E-state index in [0.29, 0.717) is 11.7 Å². The van der Waals surface area contributed by atoms with E-state index in [1.54, 1.807) is 0 Å². The van der Waals surface area contributed by atoms with Crippen molar-refractivity contribution in [2.45, 2.75) is 18.9 Å². The molecule has 0 spiro atoms. The summed E-state index contributed by atoms with van der Waals surface area (Å²) in [6.45, 7) is 1.60. The molecule has 1 aliphatic rings. The molecule has 1 aromatic rings. The highest BCUT2D eigenvalue weighted by Gasteiger charge is 2.25. The maximum atomic E-state index is 11.9. The number of carbonyl (C=O) groups excluding carboxylic acids is 1. The number of amides is 1. The Bertz CT molecular complexity index is 340. The van der Waals surface area contributed by atoms with Crippen LogP contribution in [0.2, 0.25) is 0 Å². The highest BCUT2D eigenvalue weighted by Crippen LogP contribution is 2.15. The first-order chi connectivity index (χ1) is 7.68. The molecule has 1 N–H and O–H groups in total. The predicted molar refractivity (Wildman–Crippen MR) is 59.0 cm³/mol. The molecule has 2 rings (SSSR count). The van der Waals surface area contributed by atoms with Crippen molar-refractivity contribution in [1.82, 2.24) is 25.2 Å². The summed E-state index contributed by atoms with van der Waals surface area (Å²) in [6, 6.07) is 0.585. The molecule has 0 unspecified atom stereocenters. The van der Waals surface area contributed by atoms with Crippen LogP contribution in [0.1, 0.15) is 23.3 Å². The minimum Gasteiger partial charge on any atom is -0.337 e. The maximum Gasteiger partial charge on any atom is 0.276 e. The summed E-state index contributed by atoms with van der Waals surface area (Å²) in [7, 11) is 4.17. The number of H-pyrrole nitrogens is 1. The molecular weight excluding hydrogens is 206 g/mol. The van der Waals surface area contributed by atoms with E-state index in [1.165, 1.54) is 6.20 Å². The molecule has 88 valence electrons. The van der Waals surface area contributed by atoms with E-state index in [9.17, 15) is 4.79 Å². The largest absolute Gasteiger partial charge is 0.337 e. The van der Waals surface area contributed by atoms with Crippen molar-refractivity contribution in [3.8, 4) is 0 Å². The first-order valence-electron chi connectivity index (χ1n) is 5.50. The number of carbonyl (C=O) groups is 1. The zero-order valence-electron chi connectivity index (χ0n) is 9.68. The normalized spacial score (nSPS) is 18.1. The lowest BCUT2D eigenvalue weighted by Crippen LogP contribution is -2.44. The number of nitrogens with zero attached hydrogens (tertiary/aromatic N) is 4. The fourth-order valence-corrected chi connectivity index (χ4v) is 2.05. The molecule has 1 fully saturated rings. The van der Waals surface area contributed by atoms with Crippen LogP contribution in [0.5, 0.6) is 0 Å². The smallest absolute Gasteiger partial charge is 0.276 e. The first-order valence-corrected chi connectivity index (χ1v) is 5.50. The molecular formula is C10H17N5O. The standard InChI is InChI=1S/C10H17N5O/c1-14(2)8-3-5-15(6-4-8)10(16)9-7-11-13-12-9/h7-8H,3-6H2,1-2H3,(H,11,12,13). The van der Waals surface area contributed by atoms with Crippen LogP contribution in [0.4, 0.5) is 0 Å². The van der Waals surface area contributed by atoms with Gasteiger partial charge in [0.1, 0.15) is 0 Å². The molecule has 16 heavy (non-hydrogen) atoms. The SMILES string of the molecule is CN(C)C1CCN(C(=O)c2cn[nH]n2)CC1. The number of hydrogen-bond donors (Lipinski definition) is 1. The minimum absolute atomic E-state index is 0.0223. The van der Waals surface area contributed by atoms with E-state index in [0.717, 1.165) is 25.9 Å². The van der Waals surface area contributed by atoms with Crippen LogP contribution in [-0.2, 0) is 0 Å². The number of likely N-dealkylation sites (tertiary alicyclic amines) is 1. The summed E-state index contributed by atoms with van der Waals surface area (Å²) in [5, 5.41) is 9.92. The highest BCUT2D eigenvalue weighted by molar-refractivity contribution is 5.91. The lowest BCUT2D eigenvalue weighted by Gasteiger charge is -2.34. The average Bonchev–Trinajstić information content (AvgIpc) is 2.81. The summed E-state index contributed by atoms with van der Waals surface area (Å²) in [4.78, 5) is 16.0. The van der Waals surface area contributed by atoms with Gasteiger partial charge >= 0.3 is 0 Å². The summed E-state index contributed by atoms with van der Waals surface area (Å²) in [6.07, 6.45) is 3.52. The van der Waals surface area contributed by atoms with Crippen molar-refractivity contribution in [2.75, 3.05) is 27.2 Å². The van der Waals surface area contributed by atoms with Crippen LogP contribution in [0.25, 0.3) is 0 Å². The van der Waals surface area contributed by atoms with Crippen molar-refractivity contribution in [1.29, 1.82) is 0 Å². The van der Waals surface area contributed by atoms with Gasteiger partial charge < -0.3 is 9.80 Å². The third-order valence-electron chi connectivity index (χ3n) is 3.12. The molecule has 1 amide bonds. The Labute approximate surface area is 94.6 Å². The van der Waals surface area contributed by atoms with Gasteiger partial charge in [0.2, 0.25) is 0 Å². The van der Waals surface area contributed by atoms with E-state index in [1.807, 2.05) is 4.90 Å². The Morgan fingerprint density at radius 2 is 2.19 bits per heavy atom. The molecule has 1 aliphatic heterocycles. The van der Waals surface area contributed by atoms with Crippen molar-refractivity contribution in [3.05, 3.63) is 11.9 Å². The second-order valence-electron chi connectivity index (χ2n) is 4.34. The van der Waals surface area contributed by atoms with Crippen molar-refractivity contribution in [2.24, 2.45) is 0 Å². The zero-order chi connectivity index (χ0) is 11.5. The van der Waals surface area contributed by atoms with Crippen molar-refractivity contribution >= 4 is 5.91 Å². The Hall–Kier alpha value is -1.43. The maximum absolute atomic E-state index is 11.9. The summed E-state index contributed by atoms with van der Waals surface area (Å²) < 4.78 is 0. The van der Waals surface area contributed by atoms with Gasteiger partial charge in [0.15, 0.2) is 5.69 Å². The van der Waals surface area contributed by atoms with Gasteiger partial charge in [-0.3, -0.25) is 4.79 Å². The molecule has 0 aliphatic carbocycles. The third kappa shape index (κ3) is 2.21. The van der Waals surface area contributed by atoms with Crippen molar-refractivity contribution in [3.63, 3.8) is 0 Å². The third-order valence-corrected chi connectivity index (χ3v) is 3.12. The van der Waals surface area contributed by atoms with Crippen molar-refractivity contribution < 1.29 is 4.79 Å². The van der Waals surface area contributed by atoms with E-state index in [2.05, 4.69) is 34.4 Å². The van der Waals surface area contributed by atoms with Crippen LogP contribution < -0.4 is 0 Å². The number of aromatic amines is 1. The quantitative estimate of drug-likeness (QED) is 0.764. The molecule has 2 heterocycles. The Balaban J connectivity index is 1.92. The molecule has 6 nitrogen and oxygen atoms in total. The van der Waals surface area contributed by atoms with Crippen LogP contribution >= 0.6 is 0 Å². The Morgan fingerprint density at radius 1 is 1.50 bits per heavy atom. The zero-order valence-corrected chi connectivity index (χ0v) is 9.68. The molecule has 1 aromatic heterocycles. The summed E-state index contributed by atoms with van der Waals surface area (Å²) >= 11 is 0. The lowest BCUT2D eigenvalue weighted by molar-refractivity contribution is 0.0657. The monoisotopic (exact) mass is 223 g/mol. The number of rotatable bonds is 2. The van der Waals surface area contributed by atoms with Gasteiger partial charge in [-0.1, -0.05) is 0 Å². The summed E-state index contributed by atoms with van der Waals surface area (Å²) in [5.41, 5.74) is 0.406. The van der Waals surface area contributed by atoms with Crippen LogP contribution in [0.15, 0.2) is 6.20 Å². The van der Waals surface area contributed by atoms with Gasteiger partial charge in [-0.25, -0.2) is 0 Å². The molecule has 0 bridgehead atoms. The van der Waals surface area contributed by atoms with Gasteiger partial charge in [0, 0.05) is 19.1 Å². The number of aromatic nitrogens is 3. The lowest BCUT2D eigenvalue weighted by atomic mass is 10.0. The fraction of sp³-hybridized carbons (Fsp3) is 0.700. The fourth-order valence-electron chi connectivity index (χ4n) is 2.05. The van der Waals surface area contributed by atoms with E-state index in [-0.39, 0.29) is 5.91 Å². The second-order valence-corrected chi connectivity index (χ2v) is 4.34. The van der Waals surface area contributed by atoms with Gasteiger partial charge in [-0.2, -0.15) is 15.4 Å². The number of hydrogen-bond acceptors (Lipinski definition) is 4. The van der Waals surface area contributed by atoms with Crippen LogP contribution in [0, 0.1) is 0 Å². The number of piperidine rings is 1. The number of nitrogens with one attached hydrogen (secondary N) is 1. The molecule has 0 radical (unpaired) electrons. The first kappa shape index (κ1) is 11.1. The Morgan fingerprint density at radius 3 is 2.69 bits per heavy atom. The van der Waals surface area contributed by atoms with E-state index >= 15 is 0 Å². The Kier molecular flexibility index (Phi) is 3.19. The molecule has 0 atom stereocenters. The van der Waals surface area contributed by atoms with E-state index in [4.69, 9.17) is 0 Å². The average molecular weight is 223 g/mol. The van der Waals surface area contributed by atoms with Gasteiger partial charge in [0.25, 0.3) is 5.91 Å². The van der Waals surface area contributed by atoms with Crippen LogP contribution in [-0.4, -0.2) is 64.3 Å². The second kappa shape index (κ2) is 4.61. The van der Waals surface area contributed by atoms with Crippen LogP contribution in [0.3, 0.4) is 0 Å².